The van der Waals surface area contributed by atoms with E-state index < -0.39 is 0 Å². The molecule has 0 unspecified atom stereocenters. The fourth-order valence-corrected chi connectivity index (χ4v) is 2.15. The van der Waals surface area contributed by atoms with Gasteiger partial charge in [-0.05, 0) is 0 Å². The van der Waals surface area contributed by atoms with Gasteiger partial charge in [0.25, 0.3) is 0 Å². The smallest absolute Gasteiger partial charge is 0 e. The van der Waals surface area contributed by atoms with Crippen LogP contribution in [0.1, 0.15) is 22.3 Å². The average molecular weight is 238 g/mol. The molecule has 0 fully saturated rings. The summed E-state index contributed by atoms with van der Waals surface area (Å²) in [6.07, 6.45) is 5.29. The summed E-state index contributed by atoms with van der Waals surface area (Å²) in [7, 11) is 0. The van der Waals surface area contributed by atoms with E-state index in [1.807, 2.05) is 0 Å². The molecule has 0 spiro atoms. The van der Waals surface area contributed by atoms with Gasteiger partial charge < -0.3 is 29.3 Å². The van der Waals surface area contributed by atoms with Crippen LogP contribution in [0.15, 0.2) is 36.4 Å². The maximum atomic E-state index is 2.21. The topological polar surface area (TPSA) is 0 Å². The second-order valence-corrected chi connectivity index (χ2v) is 4.15. The third-order valence-corrected chi connectivity index (χ3v) is 3.34. The van der Waals surface area contributed by atoms with E-state index in [9.17, 15) is 0 Å². The average Bonchev–Trinajstić information content (AvgIpc) is 2.59. The molecule has 0 heterocycles. The first-order chi connectivity index (χ1) is 6.93. The van der Waals surface area contributed by atoms with Gasteiger partial charge >= 0.3 is 0 Å². The summed E-state index contributed by atoms with van der Waals surface area (Å²) in [4.78, 5) is 0. The summed E-state index contributed by atoms with van der Waals surface area (Å²) < 4.78 is 0. The van der Waals surface area contributed by atoms with Crippen molar-refractivity contribution >= 4 is 0 Å². The van der Waals surface area contributed by atoms with Crippen molar-refractivity contribution in [2.24, 2.45) is 0 Å². The quantitative estimate of drug-likeness (QED) is 0.489. The first-order valence-corrected chi connectivity index (χ1v) is 5.40. The molecule has 0 saturated carbocycles. The number of fused-ring (bicyclic) bond motifs is 2. The molecule has 0 nitrogen and oxygen atoms in total. The fourth-order valence-electron chi connectivity index (χ4n) is 2.15. The van der Waals surface area contributed by atoms with Crippen LogP contribution in [0.25, 0.3) is 0 Å². The maximum Gasteiger partial charge on any atom is 0 e. The normalized spacial score (nSPS) is 14.4. The third kappa shape index (κ3) is 1.95. The molecule has 2 aliphatic carbocycles. The van der Waals surface area contributed by atoms with Crippen molar-refractivity contribution < 1.29 is 17.1 Å². The molecule has 0 radical (unpaired) electrons. The van der Waals surface area contributed by atoms with E-state index in [1.165, 1.54) is 25.7 Å². The SMILES string of the molecule is [Fe].[cH-]1[cH-][c-]2[c-]([cH-]1)CC2.c1cc2[c-](c1)CC2. The monoisotopic (exact) mass is 238 g/mol. The summed E-state index contributed by atoms with van der Waals surface area (Å²) in [5.41, 5.74) is 6.28. The van der Waals surface area contributed by atoms with Gasteiger partial charge in [0.2, 0.25) is 0 Å². The van der Waals surface area contributed by atoms with E-state index in [-0.39, 0.29) is 17.1 Å². The van der Waals surface area contributed by atoms with Crippen LogP contribution >= 0.6 is 0 Å². The Balaban J connectivity index is 0.000000107. The van der Waals surface area contributed by atoms with Gasteiger partial charge in [0.1, 0.15) is 0 Å². The van der Waals surface area contributed by atoms with Crippen molar-refractivity contribution in [2.75, 3.05) is 0 Å². The minimum Gasteiger partial charge on any atom is -0.747 e. The third-order valence-electron chi connectivity index (χ3n) is 3.34. The first kappa shape index (κ1) is 10.7. The number of hydrogen-bond acceptors (Lipinski definition) is 0. The summed E-state index contributed by atoms with van der Waals surface area (Å²) in [6.45, 7) is 0. The Hall–Kier alpha value is -0.781. The van der Waals surface area contributed by atoms with Gasteiger partial charge in [0, 0.05) is 17.1 Å². The Kier molecular flexibility index (Phi) is 3.14. The molecular formula is C14H14Fe-6. The second-order valence-electron chi connectivity index (χ2n) is 4.15. The molecule has 0 atom stereocenters. The molecule has 4 rings (SSSR count). The largest absolute Gasteiger partial charge is 0.747 e. The van der Waals surface area contributed by atoms with E-state index in [0.29, 0.717) is 0 Å². The molecule has 1 heteroatoms. The predicted octanol–water partition coefficient (Wildman–Crippen LogP) is 3.01. The Morgan fingerprint density at radius 2 is 1.80 bits per heavy atom. The van der Waals surface area contributed by atoms with Crippen LogP contribution in [0.5, 0.6) is 0 Å². The Labute approximate surface area is 102 Å². The van der Waals surface area contributed by atoms with Crippen molar-refractivity contribution in [3.63, 3.8) is 0 Å². The maximum absolute atomic E-state index is 2.21. The van der Waals surface area contributed by atoms with Crippen molar-refractivity contribution in [1.82, 2.24) is 0 Å². The Morgan fingerprint density at radius 1 is 1.07 bits per heavy atom. The zero-order chi connectivity index (χ0) is 9.38. The molecule has 2 aliphatic rings. The summed E-state index contributed by atoms with van der Waals surface area (Å²) in [5, 5.41) is 0. The minimum atomic E-state index is 0. The zero-order valence-corrected chi connectivity index (χ0v) is 9.75. The minimum absolute atomic E-state index is 0. The van der Waals surface area contributed by atoms with Gasteiger partial charge in [0.05, 0.1) is 0 Å². The molecule has 0 N–H and O–H groups in total. The zero-order valence-electron chi connectivity index (χ0n) is 8.65. The molecular weight excluding hydrogens is 224 g/mol. The molecule has 0 aromatic heterocycles. The van der Waals surface area contributed by atoms with E-state index >= 15 is 0 Å². The van der Waals surface area contributed by atoms with E-state index in [4.69, 9.17) is 0 Å². The standard InChI is InChI=1S/2C7H7.Fe/c2*1-2-6-4-5-7(6)3-1;/h2*1-3H,4-5H2;/q-5;-1;. The Morgan fingerprint density at radius 3 is 2.07 bits per heavy atom. The van der Waals surface area contributed by atoms with Crippen LogP contribution in [-0.2, 0) is 42.8 Å². The van der Waals surface area contributed by atoms with Gasteiger partial charge in [-0.3, -0.25) is 0 Å². The van der Waals surface area contributed by atoms with Gasteiger partial charge in [-0.1, -0.05) is 12.8 Å². The van der Waals surface area contributed by atoms with Gasteiger partial charge in [0.15, 0.2) is 0 Å². The predicted molar refractivity (Wildman–Crippen MR) is 58.9 cm³/mol. The number of rotatable bonds is 0. The summed E-state index contributed by atoms with van der Waals surface area (Å²) in [5.74, 6) is 0. The fraction of sp³-hybridized carbons (Fsp3) is 0.286. The van der Waals surface area contributed by atoms with Crippen molar-refractivity contribution in [1.29, 1.82) is 0 Å². The molecule has 0 bridgehead atoms. The molecule has 2 aromatic rings. The van der Waals surface area contributed by atoms with Crippen LogP contribution in [0.4, 0.5) is 0 Å². The van der Waals surface area contributed by atoms with Crippen molar-refractivity contribution in [3.8, 4) is 0 Å². The molecule has 84 valence electrons. The number of hydrogen-bond donors (Lipinski definition) is 0. The molecule has 0 aliphatic heterocycles. The van der Waals surface area contributed by atoms with E-state index in [0.717, 1.165) is 0 Å². The Bertz CT molecular complexity index is 354. The van der Waals surface area contributed by atoms with E-state index in [2.05, 4.69) is 36.4 Å². The molecule has 15 heavy (non-hydrogen) atoms. The van der Waals surface area contributed by atoms with Crippen LogP contribution < -0.4 is 0 Å². The van der Waals surface area contributed by atoms with Crippen LogP contribution in [0.2, 0.25) is 0 Å². The van der Waals surface area contributed by atoms with Crippen LogP contribution in [0, 0.1) is 0 Å². The van der Waals surface area contributed by atoms with Crippen LogP contribution in [0.3, 0.4) is 0 Å². The summed E-state index contributed by atoms with van der Waals surface area (Å²) in [6, 6.07) is 13.1. The molecule has 2 aromatic carbocycles. The van der Waals surface area contributed by atoms with Crippen molar-refractivity contribution in [3.05, 3.63) is 58.7 Å². The van der Waals surface area contributed by atoms with Gasteiger partial charge in [-0.25, -0.2) is 25.0 Å². The molecule has 0 saturated heterocycles. The molecule has 0 amide bonds. The number of aryl methyl sites for hydroxylation is 4. The second kappa shape index (κ2) is 4.38. The first-order valence-electron chi connectivity index (χ1n) is 5.40. The van der Waals surface area contributed by atoms with Gasteiger partial charge in [-0.2, -0.15) is 17.2 Å². The van der Waals surface area contributed by atoms with Crippen LogP contribution in [-0.4, -0.2) is 0 Å². The van der Waals surface area contributed by atoms with Gasteiger partial charge in [-0.15, -0.1) is 0 Å². The summed E-state index contributed by atoms with van der Waals surface area (Å²) >= 11 is 0. The van der Waals surface area contributed by atoms with Crippen molar-refractivity contribution in [2.45, 2.75) is 25.7 Å². The van der Waals surface area contributed by atoms with E-state index in [1.54, 1.807) is 22.3 Å².